The summed E-state index contributed by atoms with van der Waals surface area (Å²) in [5, 5.41) is 6.44. The zero-order chi connectivity index (χ0) is 7.28. The van der Waals surface area contributed by atoms with E-state index < -0.39 is 0 Å². The number of aliphatic imine (C=N–C) groups is 1. The molecule has 0 rings (SSSR count). The van der Waals surface area contributed by atoms with Gasteiger partial charge in [0.2, 0.25) is 11.9 Å². The van der Waals surface area contributed by atoms with Crippen LogP contribution in [0.5, 0.6) is 0 Å². The fourth-order valence-electron chi connectivity index (χ4n) is 0.141. The Morgan fingerprint density at radius 3 is 2.00 bits per heavy atom. The Balaban J connectivity index is 3.98. The van der Waals surface area contributed by atoms with Crippen molar-refractivity contribution in [2.24, 2.45) is 32.4 Å². The van der Waals surface area contributed by atoms with E-state index >= 15 is 0 Å². The van der Waals surface area contributed by atoms with Gasteiger partial charge < -0.3 is 17.2 Å². The largest absolute Gasteiger partial charge is 0.369 e. The van der Waals surface area contributed by atoms with Gasteiger partial charge in [-0.1, -0.05) is 0 Å². The van der Waals surface area contributed by atoms with E-state index in [0.717, 1.165) is 0 Å². The summed E-state index contributed by atoms with van der Waals surface area (Å²) in [6.45, 7) is 3.08. The Kier molecular flexibility index (Phi) is 2.81. The van der Waals surface area contributed by atoms with Gasteiger partial charge in [0.15, 0.2) is 0 Å². The molecule has 0 aliphatic heterocycles. The van der Waals surface area contributed by atoms with E-state index in [-0.39, 0.29) is 11.9 Å². The van der Waals surface area contributed by atoms with E-state index in [1.54, 1.807) is 0 Å². The molecular weight excluding hydrogens is 120 g/mol. The second-order valence-corrected chi connectivity index (χ2v) is 1.14. The molecule has 0 heterocycles. The molecular formula is C3H8N6. The fraction of sp³-hybridized carbons (Fsp3) is 0. The highest BCUT2D eigenvalue weighted by molar-refractivity contribution is 5.83. The minimum absolute atomic E-state index is 0.0663. The first-order valence-corrected chi connectivity index (χ1v) is 2.05. The van der Waals surface area contributed by atoms with Gasteiger partial charge in [-0.15, -0.1) is 10.2 Å². The molecule has 0 saturated heterocycles. The minimum atomic E-state index is -0.165. The molecule has 0 aliphatic rings. The van der Waals surface area contributed by atoms with E-state index in [9.17, 15) is 0 Å². The fourth-order valence-corrected chi connectivity index (χ4v) is 0.141. The number of nitrogens with zero attached hydrogens (tertiary/aromatic N) is 3. The van der Waals surface area contributed by atoms with Gasteiger partial charge >= 0.3 is 0 Å². The Hall–Kier alpha value is -1.59. The Labute approximate surface area is 52.1 Å². The summed E-state index contributed by atoms with van der Waals surface area (Å²) in [6.07, 6.45) is 0. The Bertz CT molecular complexity index is 152. The van der Waals surface area contributed by atoms with Crippen LogP contribution in [0.15, 0.2) is 15.2 Å². The molecule has 0 aromatic carbocycles. The van der Waals surface area contributed by atoms with Crippen LogP contribution in [0.1, 0.15) is 0 Å². The van der Waals surface area contributed by atoms with Gasteiger partial charge in [0.05, 0.1) is 0 Å². The summed E-state index contributed by atoms with van der Waals surface area (Å²) in [5.74, 6) is -0.231. The lowest BCUT2D eigenvalue weighted by atomic mass is 11.0. The van der Waals surface area contributed by atoms with Crippen molar-refractivity contribution in [3.05, 3.63) is 0 Å². The molecule has 0 fully saturated rings. The van der Waals surface area contributed by atoms with Crippen molar-refractivity contribution in [3.8, 4) is 0 Å². The lowest BCUT2D eigenvalue weighted by Gasteiger charge is -1.84. The highest BCUT2D eigenvalue weighted by atomic mass is 15.3. The maximum atomic E-state index is 5.02. The molecule has 0 unspecified atom stereocenters. The molecule has 6 heteroatoms. The monoisotopic (exact) mass is 128 g/mol. The van der Waals surface area contributed by atoms with Gasteiger partial charge in [-0.25, -0.2) is 4.99 Å². The molecule has 0 bridgehead atoms. The molecule has 0 atom stereocenters. The van der Waals surface area contributed by atoms with E-state index in [1.165, 1.54) is 0 Å². The third-order valence-corrected chi connectivity index (χ3v) is 0.430. The maximum absolute atomic E-state index is 5.02. The lowest BCUT2D eigenvalue weighted by molar-refractivity contribution is 1.18. The van der Waals surface area contributed by atoms with Crippen LogP contribution in [0.4, 0.5) is 0 Å². The summed E-state index contributed by atoms with van der Waals surface area (Å²) >= 11 is 0. The second-order valence-electron chi connectivity index (χ2n) is 1.14. The van der Waals surface area contributed by atoms with Crippen LogP contribution in [-0.2, 0) is 0 Å². The highest BCUT2D eigenvalue weighted by Crippen LogP contribution is 1.70. The zero-order valence-electron chi connectivity index (χ0n) is 4.78. The van der Waals surface area contributed by atoms with Crippen molar-refractivity contribution in [1.82, 2.24) is 0 Å². The van der Waals surface area contributed by atoms with Crippen molar-refractivity contribution in [2.75, 3.05) is 0 Å². The molecule has 6 N–H and O–H groups in total. The predicted molar refractivity (Wildman–Crippen MR) is 37.0 cm³/mol. The topological polar surface area (TPSA) is 115 Å². The molecule has 0 amide bonds. The molecule has 0 aromatic heterocycles. The molecule has 0 saturated carbocycles. The quantitative estimate of drug-likeness (QED) is 0.219. The van der Waals surface area contributed by atoms with Gasteiger partial charge in [0.1, 0.15) is 0 Å². The second kappa shape index (κ2) is 3.42. The molecule has 6 nitrogen and oxygen atoms in total. The number of nitrogens with two attached hydrogens (primary N) is 3. The van der Waals surface area contributed by atoms with E-state index in [2.05, 4.69) is 21.9 Å². The van der Waals surface area contributed by atoms with Crippen LogP contribution < -0.4 is 17.2 Å². The number of rotatable bonds is 1. The summed E-state index contributed by atoms with van der Waals surface area (Å²) in [7, 11) is 0. The number of guanidine groups is 2. The first-order valence-electron chi connectivity index (χ1n) is 2.05. The maximum Gasteiger partial charge on any atom is 0.239 e. The first-order chi connectivity index (χ1) is 4.16. The smallest absolute Gasteiger partial charge is 0.239 e. The van der Waals surface area contributed by atoms with Gasteiger partial charge in [0.25, 0.3) is 0 Å². The average Bonchev–Trinajstić information content (AvgIpc) is 1.83. The van der Waals surface area contributed by atoms with E-state index in [1.807, 2.05) is 0 Å². The lowest BCUT2D eigenvalue weighted by Crippen LogP contribution is -2.22. The van der Waals surface area contributed by atoms with Crippen LogP contribution >= 0.6 is 0 Å². The van der Waals surface area contributed by atoms with E-state index in [4.69, 9.17) is 17.2 Å². The van der Waals surface area contributed by atoms with Gasteiger partial charge in [0, 0.05) is 0 Å². The van der Waals surface area contributed by atoms with Gasteiger partial charge in [-0.05, 0) is 6.72 Å². The standard InChI is InChI=1S/C3H8N6/c1-7-3(6)9-8-2(4)5/h1H2,(H2,6,9)(H4,4,5,8). The van der Waals surface area contributed by atoms with Crippen molar-refractivity contribution in [1.29, 1.82) is 0 Å². The van der Waals surface area contributed by atoms with Gasteiger partial charge in [-0.2, -0.15) is 0 Å². The van der Waals surface area contributed by atoms with Crippen LogP contribution in [0.3, 0.4) is 0 Å². The van der Waals surface area contributed by atoms with Crippen molar-refractivity contribution < 1.29 is 0 Å². The van der Waals surface area contributed by atoms with Crippen molar-refractivity contribution in [2.45, 2.75) is 0 Å². The summed E-state index contributed by atoms with van der Waals surface area (Å²) in [5.41, 5.74) is 14.8. The van der Waals surface area contributed by atoms with Crippen LogP contribution in [0.2, 0.25) is 0 Å². The molecule has 50 valence electrons. The molecule has 9 heavy (non-hydrogen) atoms. The van der Waals surface area contributed by atoms with Crippen LogP contribution in [0.25, 0.3) is 0 Å². The summed E-state index contributed by atoms with van der Waals surface area (Å²) in [6, 6.07) is 0. The molecule has 0 spiro atoms. The van der Waals surface area contributed by atoms with Crippen LogP contribution in [0, 0.1) is 0 Å². The Morgan fingerprint density at radius 2 is 1.67 bits per heavy atom. The van der Waals surface area contributed by atoms with Crippen LogP contribution in [-0.4, -0.2) is 18.6 Å². The third kappa shape index (κ3) is 4.26. The number of hydrogen-bond donors (Lipinski definition) is 3. The highest BCUT2D eigenvalue weighted by Gasteiger charge is 1.79. The predicted octanol–water partition coefficient (Wildman–Crippen LogP) is -1.81. The van der Waals surface area contributed by atoms with Crippen molar-refractivity contribution in [3.63, 3.8) is 0 Å². The minimum Gasteiger partial charge on any atom is -0.369 e. The zero-order valence-corrected chi connectivity index (χ0v) is 4.78. The average molecular weight is 128 g/mol. The first kappa shape index (κ1) is 7.41. The molecule has 0 aliphatic carbocycles. The SMILES string of the molecule is C=N/C(N)=N\N=C(N)N. The van der Waals surface area contributed by atoms with E-state index in [0.29, 0.717) is 0 Å². The molecule has 0 aromatic rings. The van der Waals surface area contributed by atoms with Gasteiger partial charge in [-0.3, -0.25) is 0 Å². The summed E-state index contributed by atoms with van der Waals surface area (Å²) in [4.78, 5) is 3.22. The van der Waals surface area contributed by atoms with Crippen molar-refractivity contribution >= 4 is 18.6 Å². The molecule has 0 radical (unpaired) electrons. The summed E-state index contributed by atoms with van der Waals surface area (Å²) < 4.78 is 0. The normalized spacial score (nSPS) is 10.4. The number of hydrogen-bond acceptors (Lipinski definition) is 2. The third-order valence-electron chi connectivity index (χ3n) is 0.430. The Morgan fingerprint density at radius 1 is 1.11 bits per heavy atom.